The van der Waals surface area contributed by atoms with Crippen LogP contribution in [0.4, 0.5) is 5.69 Å². The van der Waals surface area contributed by atoms with Crippen molar-refractivity contribution in [3.05, 3.63) is 78.0 Å². The predicted molar refractivity (Wildman–Crippen MR) is 117 cm³/mol. The third-order valence-electron chi connectivity index (χ3n) is 5.06. The number of carbonyl (C=O) groups is 2. The lowest BCUT2D eigenvalue weighted by atomic mass is 10.1. The number of hydrogen-bond donors (Lipinski definition) is 1. The minimum absolute atomic E-state index is 0.0835. The van der Waals surface area contributed by atoms with Crippen molar-refractivity contribution < 1.29 is 19.1 Å². The summed E-state index contributed by atoms with van der Waals surface area (Å²) in [7, 11) is 1.61. The van der Waals surface area contributed by atoms with E-state index in [4.69, 9.17) is 9.47 Å². The lowest BCUT2D eigenvalue weighted by molar-refractivity contribution is -0.121. The molecule has 2 heterocycles. The van der Waals surface area contributed by atoms with Crippen molar-refractivity contribution in [2.45, 2.75) is 19.4 Å². The molecule has 0 saturated carbocycles. The molecular weight excluding hydrogens is 394 g/mol. The Kier molecular flexibility index (Phi) is 6.12. The van der Waals surface area contributed by atoms with E-state index in [9.17, 15) is 9.59 Å². The molecule has 0 fully saturated rings. The summed E-state index contributed by atoms with van der Waals surface area (Å²) in [6.45, 7) is 0.775. The molecule has 0 saturated heterocycles. The zero-order valence-corrected chi connectivity index (χ0v) is 17.2. The van der Waals surface area contributed by atoms with Gasteiger partial charge in [-0.25, -0.2) is 4.98 Å². The molecule has 1 aliphatic rings. The molecule has 0 bridgehead atoms. The summed E-state index contributed by atoms with van der Waals surface area (Å²) in [6.07, 6.45) is 2.39. The Hall–Kier alpha value is -3.87. The molecule has 1 aromatic heterocycles. The fourth-order valence-corrected chi connectivity index (χ4v) is 3.51. The summed E-state index contributed by atoms with van der Waals surface area (Å²) in [5, 5.41) is 2.91. The van der Waals surface area contributed by atoms with E-state index in [1.54, 1.807) is 36.4 Å². The molecule has 3 aromatic rings. The molecule has 0 radical (unpaired) electrons. The molecule has 1 N–H and O–H groups in total. The maximum Gasteiger partial charge on any atom is 0.263 e. The average molecular weight is 417 g/mol. The van der Waals surface area contributed by atoms with Crippen LogP contribution in [0.5, 0.6) is 17.4 Å². The summed E-state index contributed by atoms with van der Waals surface area (Å²) in [4.78, 5) is 31.4. The lowest BCUT2D eigenvalue weighted by Crippen LogP contribution is -2.32. The normalized spacial score (nSPS) is 12.3. The van der Waals surface area contributed by atoms with Gasteiger partial charge in [0.2, 0.25) is 11.8 Å². The van der Waals surface area contributed by atoms with Crippen LogP contribution in [0.15, 0.2) is 66.9 Å². The minimum Gasteiger partial charge on any atom is -0.496 e. The Morgan fingerprint density at radius 1 is 1.10 bits per heavy atom. The standard InChI is InChI=1S/C24H23N3O4/c1-30-20-11-4-2-8-17(20)16-26-22(28)13-7-15-27-19-10-3-5-12-21(19)31-23-18(24(27)29)9-6-14-25-23/h2-6,8-12,14H,7,13,15-16H2,1H3,(H,26,28). The summed E-state index contributed by atoms with van der Waals surface area (Å²) < 4.78 is 11.2. The average Bonchev–Trinajstić information content (AvgIpc) is 2.92. The first-order valence-electron chi connectivity index (χ1n) is 10.1. The topological polar surface area (TPSA) is 80.8 Å². The maximum absolute atomic E-state index is 13.1. The summed E-state index contributed by atoms with van der Waals surface area (Å²) in [5.41, 5.74) is 1.98. The quantitative estimate of drug-likeness (QED) is 0.630. The van der Waals surface area contributed by atoms with Crippen molar-refractivity contribution in [1.29, 1.82) is 0 Å². The Bertz CT molecular complexity index is 1100. The van der Waals surface area contributed by atoms with Gasteiger partial charge in [0.05, 0.1) is 12.8 Å². The molecule has 158 valence electrons. The van der Waals surface area contributed by atoms with E-state index in [1.165, 1.54) is 0 Å². The second kappa shape index (κ2) is 9.30. The third kappa shape index (κ3) is 4.50. The van der Waals surface area contributed by atoms with Crippen LogP contribution in [0.25, 0.3) is 0 Å². The number of para-hydroxylation sites is 3. The predicted octanol–water partition coefficient (Wildman–Crippen LogP) is 3.94. The summed E-state index contributed by atoms with van der Waals surface area (Å²) in [6, 6.07) is 18.3. The van der Waals surface area contributed by atoms with Crippen molar-refractivity contribution in [2.24, 2.45) is 0 Å². The van der Waals surface area contributed by atoms with Gasteiger partial charge in [-0.15, -0.1) is 0 Å². The molecule has 1 aliphatic heterocycles. The highest BCUT2D eigenvalue weighted by atomic mass is 16.5. The number of nitrogens with zero attached hydrogens (tertiary/aromatic N) is 2. The monoisotopic (exact) mass is 417 g/mol. The Morgan fingerprint density at radius 3 is 2.77 bits per heavy atom. The SMILES string of the molecule is COc1ccccc1CNC(=O)CCCN1C(=O)c2cccnc2Oc2ccccc21. The number of pyridine rings is 1. The highest BCUT2D eigenvalue weighted by molar-refractivity contribution is 6.09. The number of carbonyl (C=O) groups excluding carboxylic acids is 2. The highest BCUT2D eigenvalue weighted by Gasteiger charge is 2.28. The number of benzene rings is 2. The Morgan fingerprint density at radius 2 is 1.90 bits per heavy atom. The van der Waals surface area contributed by atoms with Crippen LogP contribution in [-0.2, 0) is 11.3 Å². The van der Waals surface area contributed by atoms with E-state index in [1.807, 2.05) is 42.5 Å². The van der Waals surface area contributed by atoms with Crippen molar-refractivity contribution in [3.8, 4) is 17.4 Å². The van der Waals surface area contributed by atoms with E-state index in [0.717, 1.165) is 11.3 Å². The number of fused-ring (bicyclic) bond motifs is 2. The van der Waals surface area contributed by atoms with Gasteiger partial charge in [-0.2, -0.15) is 0 Å². The van der Waals surface area contributed by atoms with Gasteiger partial charge < -0.3 is 19.7 Å². The number of rotatable bonds is 7. The number of hydrogen-bond acceptors (Lipinski definition) is 5. The third-order valence-corrected chi connectivity index (χ3v) is 5.06. The Balaban J connectivity index is 1.40. The van der Waals surface area contributed by atoms with Gasteiger partial charge in [0.1, 0.15) is 11.3 Å². The molecule has 7 heteroatoms. The first kappa shape index (κ1) is 20.4. The molecular formula is C24H23N3O4. The van der Waals surface area contributed by atoms with Crippen LogP contribution in [0.2, 0.25) is 0 Å². The fraction of sp³-hybridized carbons (Fsp3) is 0.208. The number of amides is 2. The first-order chi connectivity index (χ1) is 15.2. The van der Waals surface area contributed by atoms with Gasteiger partial charge in [-0.1, -0.05) is 30.3 Å². The van der Waals surface area contributed by atoms with E-state index < -0.39 is 0 Å². The number of ether oxygens (including phenoxy) is 2. The molecule has 7 nitrogen and oxygen atoms in total. The molecule has 31 heavy (non-hydrogen) atoms. The van der Waals surface area contributed by atoms with E-state index in [0.29, 0.717) is 42.9 Å². The van der Waals surface area contributed by atoms with Crippen LogP contribution in [0.1, 0.15) is 28.8 Å². The van der Waals surface area contributed by atoms with Crippen molar-refractivity contribution in [3.63, 3.8) is 0 Å². The van der Waals surface area contributed by atoms with Gasteiger partial charge in [-0.3, -0.25) is 9.59 Å². The summed E-state index contributed by atoms with van der Waals surface area (Å²) in [5.74, 6) is 1.31. The van der Waals surface area contributed by atoms with Crippen LogP contribution in [0, 0.1) is 0 Å². The zero-order chi connectivity index (χ0) is 21.6. The second-order valence-corrected chi connectivity index (χ2v) is 7.07. The minimum atomic E-state index is -0.192. The Labute approximate surface area is 180 Å². The highest BCUT2D eigenvalue weighted by Crippen LogP contribution is 2.37. The van der Waals surface area contributed by atoms with Crippen LogP contribution < -0.4 is 19.7 Å². The van der Waals surface area contributed by atoms with Gasteiger partial charge in [-0.05, 0) is 36.8 Å². The number of anilines is 1. The van der Waals surface area contributed by atoms with Crippen molar-refractivity contribution in [1.82, 2.24) is 10.3 Å². The molecule has 0 spiro atoms. The van der Waals surface area contributed by atoms with E-state index in [-0.39, 0.29) is 17.7 Å². The van der Waals surface area contributed by atoms with Gasteiger partial charge in [0, 0.05) is 31.3 Å². The smallest absolute Gasteiger partial charge is 0.263 e. The molecule has 2 aromatic carbocycles. The maximum atomic E-state index is 13.1. The van der Waals surface area contributed by atoms with Gasteiger partial charge in [0.15, 0.2) is 5.75 Å². The lowest BCUT2D eigenvalue weighted by Gasteiger charge is -2.21. The summed E-state index contributed by atoms with van der Waals surface area (Å²) >= 11 is 0. The first-order valence-corrected chi connectivity index (χ1v) is 10.1. The van der Waals surface area contributed by atoms with Crippen LogP contribution in [-0.4, -0.2) is 30.5 Å². The molecule has 0 unspecified atom stereocenters. The number of nitrogens with one attached hydrogen (secondary N) is 1. The van der Waals surface area contributed by atoms with E-state index in [2.05, 4.69) is 10.3 Å². The van der Waals surface area contributed by atoms with Crippen LogP contribution >= 0.6 is 0 Å². The number of aromatic nitrogens is 1. The van der Waals surface area contributed by atoms with Gasteiger partial charge in [0.25, 0.3) is 5.91 Å². The van der Waals surface area contributed by atoms with E-state index >= 15 is 0 Å². The largest absolute Gasteiger partial charge is 0.496 e. The molecule has 0 atom stereocenters. The van der Waals surface area contributed by atoms with Crippen molar-refractivity contribution >= 4 is 17.5 Å². The molecule has 4 rings (SSSR count). The zero-order valence-electron chi connectivity index (χ0n) is 17.2. The fourth-order valence-electron chi connectivity index (χ4n) is 3.51. The van der Waals surface area contributed by atoms with Crippen molar-refractivity contribution in [2.75, 3.05) is 18.6 Å². The van der Waals surface area contributed by atoms with Crippen LogP contribution in [0.3, 0.4) is 0 Å². The molecule has 0 aliphatic carbocycles. The number of methoxy groups -OCH3 is 1. The molecule has 2 amide bonds. The second-order valence-electron chi connectivity index (χ2n) is 7.07. The van der Waals surface area contributed by atoms with Gasteiger partial charge >= 0.3 is 0 Å².